The largest absolute Gasteiger partial charge is 0.497 e. The zero-order valence-electron chi connectivity index (χ0n) is 19.2. The lowest BCUT2D eigenvalue weighted by molar-refractivity contribution is -0.127. The van der Waals surface area contributed by atoms with Gasteiger partial charge in [0.2, 0.25) is 5.91 Å². The first-order valence-electron chi connectivity index (χ1n) is 11.1. The number of ether oxygens (including phenoxy) is 1. The predicted molar refractivity (Wildman–Crippen MR) is 136 cm³/mol. The minimum Gasteiger partial charge on any atom is -0.497 e. The molecule has 2 heterocycles. The molecule has 0 radical (unpaired) electrons. The normalized spacial score (nSPS) is 19.6. The Morgan fingerprint density at radius 1 is 1.16 bits per heavy atom. The number of likely N-dealkylation sites (tertiary alicyclic amines) is 2. The highest BCUT2D eigenvalue weighted by Gasteiger charge is 2.27. The number of guanidine groups is 1. The van der Waals surface area contributed by atoms with Crippen LogP contribution in [-0.4, -0.2) is 87.0 Å². The molecule has 1 atom stereocenters. The van der Waals surface area contributed by atoms with Crippen LogP contribution in [0.4, 0.5) is 0 Å². The number of methoxy groups -OCH3 is 1. The molecule has 1 aromatic rings. The third kappa shape index (κ3) is 8.14. The van der Waals surface area contributed by atoms with Crippen molar-refractivity contribution in [1.82, 2.24) is 20.0 Å². The van der Waals surface area contributed by atoms with E-state index in [-0.39, 0.29) is 36.4 Å². The number of halogens is 1. The first-order chi connectivity index (χ1) is 14.5. The van der Waals surface area contributed by atoms with E-state index in [1.54, 1.807) is 26.1 Å². The molecule has 0 saturated carbocycles. The van der Waals surface area contributed by atoms with Crippen LogP contribution in [0, 0.1) is 5.92 Å². The number of carbonyl (C=O) groups is 1. The van der Waals surface area contributed by atoms with Crippen molar-refractivity contribution in [3.8, 4) is 5.75 Å². The summed E-state index contributed by atoms with van der Waals surface area (Å²) < 4.78 is 5.23. The summed E-state index contributed by atoms with van der Waals surface area (Å²) in [5, 5.41) is 3.31. The summed E-state index contributed by atoms with van der Waals surface area (Å²) in [7, 11) is 5.23. The number of amides is 1. The van der Waals surface area contributed by atoms with Crippen LogP contribution >= 0.6 is 24.0 Å². The van der Waals surface area contributed by atoms with Crippen LogP contribution in [0.25, 0.3) is 0 Å². The summed E-state index contributed by atoms with van der Waals surface area (Å²) in [5.41, 5.74) is 1.12. The van der Waals surface area contributed by atoms with Gasteiger partial charge in [0.15, 0.2) is 5.96 Å². The van der Waals surface area contributed by atoms with Crippen LogP contribution in [0.5, 0.6) is 5.75 Å². The summed E-state index contributed by atoms with van der Waals surface area (Å²) in [6.45, 7) is 6.50. The highest BCUT2D eigenvalue weighted by Crippen LogP contribution is 2.20. The van der Waals surface area contributed by atoms with Crippen LogP contribution in [0.1, 0.15) is 31.2 Å². The Balaban J connectivity index is 0.00000341. The average Bonchev–Trinajstić information content (AvgIpc) is 3.22. The van der Waals surface area contributed by atoms with Crippen molar-refractivity contribution >= 4 is 35.8 Å². The Morgan fingerprint density at radius 2 is 1.87 bits per heavy atom. The Bertz CT molecular complexity index is 704. The SMILES string of the molecule is COc1ccc(CN=C(NCC(=O)N(C)C)N2CCC(CN3CCCCC3)C2)cc1.I. The first kappa shape index (κ1) is 25.7. The lowest BCUT2D eigenvalue weighted by atomic mass is 10.1. The third-order valence-corrected chi connectivity index (χ3v) is 6.02. The van der Waals surface area contributed by atoms with Crippen molar-refractivity contribution in [3.05, 3.63) is 29.8 Å². The van der Waals surface area contributed by atoms with E-state index in [4.69, 9.17) is 9.73 Å². The lowest BCUT2D eigenvalue weighted by Crippen LogP contribution is -2.45. The number of hydrogen-bond acceptors (Lipinski definition) is 4. The fourth-order valence-electron chi connectivity index (χ4n) is 4.16. The highest BCUT2D eigenvalue weighted by molar-refractivity contribution is 14.0. The van der Waals surface area contributed by atoms with E-state index in [1.807, 2.05) is 24.3 Å². The van der Waals surface area contributed by atoms with Crippen molar-refractivity contribution in [3.63, 3.8) is 0 Å². The number of likely N-dealkylation sites (N-methyl/N-ethyl adjacent to an activating group) is 1. The zero-order chi connectivity index (χ0) is 21.3. The predicted octanol–water partition coefficient (Wildman–Crippen LogP) is 2.65. The van der Waals surface area contributed by atoms with E-state index < -0.39 is 0 Å². The van der Waals surface area contributed by atoms with Crippen LogP contribution in [-0.2, 0) is 11.3 Å². The van der Waals surface area contributed by atoms with Crippen molar-refractivity contribution in [2.24, 2.45) is 10.9 Å². The van der Waals surface area contributed by atoms with Gasteiger partial charge in [-0.15, -0.1) is 24.0 Å². The molecule has 2 fully saturated rings. The molecule has 8 heteroatoms. The second kappa shape index (κ2) is 13.1. The summed E-state index contributed by atoms with van der Waals surface area (Å²) in [6, 6.07) is 7.98. The number of nitrogens with one attached hydrogen (secondary N) is 1. The van der Waals surface area contributed by atoms with Gasteiger partial charge in [-0.1, -0.05) is 18.6 Å². The number of nitrogens with zero attached hydrogens (tertiary/aromatic N) is 4. The quantitative estimate of drug-likeness (QED) is 0.326. The third-order valence-electron chi connectivity index (χ3n) is 6.02. The molecule has 0 spiro atoms. The molecule has 1 amide bonds. The number of benzene rings is 1. The topological polar surface area (TPSA) is 60.4 Å². The number of piperidine rings is 1. The zero-order valence-corrected chi connectivity index (χ0v) is 21.5. The Labute approximate surface area is 204 Å². The molecular formula is C23H38IN5O2. The van der Waals surface area contributed by atoms with Crippen molar-refractivity contribution < 1.29 is 9.53 Å². The molecule has 0 bridgehead atoms. The van der Waals surface area contributed by atoms with Gasteiger partial charge in [-0.3, -0.25) is 4.79 Å². The fraction of sp³-hybridized carbons (Fsp3) is 0.652. The molecule has 2 aliphatic rings. The lowest BCUT2D eigenvalue weighted by Gasteiger charge is -2.29. The van der Waals surface area contributed by atoms with Gasteiger partial charge in [0.05, 0.1) is 20.2 Å². The van der Waals surface area contributed by atoms with Gasteiger partial charge < -0.3 is 24.8 Å². The van der Waals surface area contributed by atoms with E-state index in [0.717, 1.165) is 30.4 Å². The number of aliphatic imine (C=N–C) groups is 1. The Hall–Kier alpha value is -1.55. The van der Waals surface area contributed by atoms with Crippen LogP contribution < -0.4 is 10.1 Å². The van der Waals surface area contributed by atoms with Gasteiger partial charge in [-0.2, -0.15) is 0 Å². The van der Waals surface area contributed by atoms with E-state index in [0.29, 0.717) is 12.5 Å². The van der Waals surface area contributed by atoms with Gasteiger partial charge >= 0.3 is 0 Å². The number of rotatable bonds is 7. The summed E-state index contributed by atoms with van der Waals surface area (Å²) >= 11 is 0. The highest BCUT2D eigenvalue weighted by atomic mass is 127. The molecule has 1 N–H and O–H groups in total. The molecule has 0 aromatic heterocycles. The van der Waals surface area contributed by atoms with Gasteiger partial charge in [-0.25, -0.2) is 4.99 Å². The molecule has 3 rings (SSSR count). The number of hydrogen-bond donors (Lipinski definition) is 1. The molecule has 1 unspecified atom stereocenters. The molecule has 2 saturated heterocycles. The Morgan fingerprint density at radius 3 is 2.52 bits per heavy atom. The fourth-order valence-corrected chi connectivity index (χ4v) is 4.16. The molecular weight excluding hydrogens is 505 g/mol. The van der Waals surface area contributed by atoms with Gasteiger partial charge in [0.25, 0.3) is 0 Å². The van der Waals surface area contributed by atoms with Gasteiger partial charge in [-0.05, 0) is 56.0 Å². The van der Waals surface area contributed by atoms with Gasteiger partial charge in [0.1, 0.15) is 5.75 Å². The Kier molecular flexibility index (Phi) is 10.9. The van der Waals surface area contributed by atoms with Crippen molar-refractivity contribution in [2.75, 3.05) is 60.5 Å². The second-order valence-corrected chi connectivity index (χ2v) is 8.59. The smallest absolute Gasteiger partial charge is 0.241 e. The van der Waals surface area contributed by atoms with E-state index in [2.05, 4.69) is 15.1 Å². The van der Waals surface area contributed by atoms with Gasteiger partial charge in [0, 0.05) is 33.7 Å². The molecule has 0 aliphatic carbocycles. The maximum absolute atomic E-state index is 12.1. The van der Waals surface area contributed by atoms with Crippen molar-refractivity contribution in [2.45, 2.75) is 32.2 Å². The number of carbonyl (C=O) groups excluding carboxylic acids is 1. The first-order valence-corrected chi connectivity index (χ1v) is 11.1. The van der Waals surface area contributed by atoms with Crippen molar-refractivity contribution in [1.29, 1.82) is 0 Å². The maximum atomic E-state index is 12.1. The minimum atomic E-state index is 0. The molecule has 1 aromatic carbocycles. The van der Waals surface area contributed by atoms with Crippen LogP contribution in [0.2, 0.25) is 0 Å². The van der Waals surface area contributed by atoms with E-state index >= 15 is 0 Å². The van der Waals surface area contributed by atoms with Crippen LogP contribution in [0.3, 0.4) is 0 Å². The summed E-state index contributed by atoms with van der Waals surface area (Å²) in [6.07, 6.45) is 5.22. The summed E-state index contributed by atoms with van der Waals surface area (Å²) in [5.74, 6) is 2.40. The monoisotopic (exact) mass is 543 g/mol. The second-order valence-electron chi connectivity index (χ2n) is 8.59. The molecule has 2 aliphatic heterocycles. The maximum Gasteiger partial charge on any atom is 0.241 e. The van der Waals surface area contributed by atoms with E-state index in [9.17, 15) is 4.79 Å². The molecule has 174 valence electrons. The average molecular weight is 543 g/mol. The molecule has 31 heavy (non-hydrogen) atoms. The summed E-state index contributed by atoms with van der Waals surface area (Å²) in [4.78, 5) is 23.5. The minimum absolute atomic E-state index is 0. The van der Waals surface area contributed by atoms with Crippen LogP contribution in [0.15, 0.2) is 29.3 Å². The van der Waals surface area contributed by atoms with E-state index in [1.165, 1.54) is 45.3 Å². The standard InChI is InChI=1S/C23H37N5O2.HI/c1-26(2)22(29)16-25-23(24-15-19-7-9-21(30-3)10-8-19)28-14-11-20(18-28)17-27-12-5-4-6-13-27;/h7-10,20H,4-6,11-18H2,1-3H3,(H,24,25);1H. The molecule has 7 nitrogen and oxygen atoms in total.